The van der Waals surface area contributed by atoms with E-state index in [0.29, 0.717) is 14.8 Å². The predicted octanol–water partition coefficient (Wildman–Crippen LogP) is 3.28. The summed E-state index contributed by atoms with van der Waals surface area (Å²) < 4.78 is 2.19. The molecule has 0 saturated carbocycles. The van der Waals surface area contributed by atoms with Crippen LogP contribution in [0.5, 0.6) is 0 Å². The van der Waals surface area contributed by atoms with E-state index >= 15 is 0 Å². The highest BCUT2D eigenvalue weighted by molar-refractivity contribution is 7.71. The van der Waals surface area contributed by atoms with Gasteiger partial charge in [-0.15, -0.1) is 0 Å². The first-order valence-corrected chi connectivity index (χ1v) is 6.24. The molecule has 1 aromatic carbocycles. The van der Waals surface area contributed by atoms with Crippen molar-refractivity contribution in [1.82, 2.24) is 20.2 Å². The van der Waals surface area contributed by atoms with Gasteiger partial charge in [0.25, 0.3) is 0 Å². The Kier molecular flexibility index (Phi) is 4.15. The lowest BCUT2D eigenvalue weighted by atomic mass is 10.1. The van der Waals surface area contributed by atoms with Crippen LogP contribution in [0.1, 0.15) is 12.0 Å². The Morgan fingerprint density at radius 2 is 1.94 bits per heavy atom. The van der Waals surface area contributed by atoms with Crippen molar-refractivity contribution in [3.63, 3.8) is 0 Å². The molecule has 0 fully saturated rings. The minimum absolute atomic E-state index is 0.467. The molecule has 2 rings (SSSR count). The topological polar surface area (TPSA) is 46.5 Å². The zero-order valence-corrected chi connectivity index (χ0v) is 11.2. The van der Waals surface area contributed by atoms with Crippen LogP contribution in [-0.4, -0.2) is 20.2 Å². The summed E-state index contributed by atoms with van der Waals surface area (Å²) in [6.07, 6.45) is 1.79. The molecule has 0 unspecified atom stereocenters. The number of benzene rings is 1. The number of aryl methyl sites for hydroxylation is 2. The Labute approximate surface area is 114 Å². The van der Waals surface area contributed by atoms with Crippen LogP contribution in [0.15, 0.2) is 18.2 Å². The summed E-state index contributed by atoms with van der Waals surface area (Å²) >= 11 is 16.8. The third-order valence-electron chi connectivity index (χ3n) is 2.30. The summed E-state index contributed by atoms with van der Waals surface area (Å²) in [5, 5.41) is 11.4. The second-order valence-electron chi connectivity index (χ2n) is 3.62. The van der Waals surface area contributed by atoms with Crippen LogP contribution in [0.2, 0.25) is 10.0 Å². The Hall–Kier alpha value is -0.910. The monoisotopic (exact) mass is 288 g/mol. The van der Waals surface area contributed by atoms with Gasteiger partial charge in [0, 0.05) is 16.6 Å². The molecule has 90 valence electrons. The summed E-state index contributed by atoms with van der Waals surface area (Å²) in [5.41, 5.74) is 1.11. The molecule has 2 aromatic rings. The van der Waals surface area contributed by atoms with Crippen LogP contribution in [0.25, 0.3) is 0 Å². The molecule has 1 N–H and O–H groups in total. The van der Waals surface area contributed by atoms with Crippen LogP contribution < -0.4 is 0 Å². The van der Waals surface area contributed by atoms with E-state index < -0.39 is 0 Å². The van der Waals surface area contributed by atoms with Crippen molar-refractivity contribution in [3.05, 3.63) is 38.6 Å². The number of aromatic nitrogens is 4. The molecular formula is C10H10Cl2N4S. The molecule has 0 bridgehead atoms. The maximum atomic E-state index is 5.92. The molecule has 0 aliphatic heterocycles. The zero-order chi connectivity index (χ0) is 12.3. The summed E-state index contributed by atoms with van der Waals surface area (Å²) in [7, 11) is 0. The Morgan fingerprint density at radius 1 is 1.24 bits per heavy atom. The van der Waals surface area contributed by atoms with Gasteiger partial charge >= 0.3 is 0 Å². The molecule has 0 aliphatic carbocycles. The van der Waals surface area contributed by atoms with Crippen molar-refractivity contribution in [2.45, 2.75) is 19.4 Å². The van der Waals surface area contributed by atoms with E-state index in [9.17, 15) is 0 Å². The molecule has 1 aromatic heterocycles. The Balaban J connectivity index is 1.94. The number of nitrogens with one attached hydrogen (secondary N) is 1. The quantitative estimate of drug-likeness (QED) is 0.879. The number of tetrazole rings is 1. The minimum Gasteiger partial charge on any atom is -0.242 e. The van der Waals surface area contributed by atoms with E-state index in [1.165, 1.54) is 0 Å². The predicted molar refractivity (Wildman–Crippen MR) is 70.0 cm³/mol. The van der Waals surface area contributed by atoms with Crippen molar-refractivity contribution >= 4 is 35.4 Å². The van der Waals surface area contributed by atoms with Crippen LogP contribution >= 0.6 is 35.4 Å². The third-order valence-corrected chi connectivity index (χ3v) is 3.04. The van der Waals surface area contributed by atoms with Gasteiger partial charge in [0.1, 0.15) is 0 Å². The standard InChI is InChI=1S/C10H10Cl2N4S/c11-8-4-7(5-9(12)6-8)2-1-3-16-10(17)13-14-15-16/h4-6H,1-3H2,(H,13,15,17). The van der Waals surface area contributed by atoms with Gasteiger partial charge in [-0.05, 0) is 48.8 Å². The Bertz CT molecular complexity index is 543. The van der Waals surface area contributed by atoms with E-state index in [2.05, 4.69) is 15.5 Å². The maximum absolute atomic E-state index is 5.92. The van der Waals surface area contributed by atoms with E-state index in [1.54, 1.807) is 10.7 Å². The number of nitrogens with zero attached hydrogens (tertiary/aromatic N) is 3. The van der Waals surface area contributed by atoms with E-state index in [4.69, 9.17) is 35.4 Å². The second-order valence-corrected chi connectivity index (χ2v) is 4.85. The lowest BCUT2D eigenvalue weighted by Gasteiger charge is -2.03. The summed E-state index contributed by atoms with van der Waals surface area (Å²) in [5.74, 6) is 0. The highest BCUT2D eigenvalue weighted by Gasteiger charge is 2.00. The molecule has 0 saturated heterocycles. The van der Waals surface area contributed by atoms with Crippen LogP contribution in [0.3, 0.4) is 0 Å². The van der Waals surface area contributed by atoms with E-state index in [1.807, 2.05) is 12.1 Å². The second kappa shape index (κ2) is 5.62. The third kappa shape index (κ3) is 3.52. The Morgan fingerprint density at radius 3 is 2.53 bits per heavy atom. The molecule has 0 spiro atoms. The fraction of sp³-hybridized carbons (Fsp3) is 0.300. The number of rotatable bonds is 4. The minimum atomic E-state index is 0.467. The van der Waals surface area contributed by atoms with Crippen molar-refractivity contribution in [3.8, 4) is 0 Å². The van der Waals surface area contributed by atoms with Gasteiger partial charge in [-0.2, -0.15) is 5.21 Å². The van der Waals surface area contributed by atoms with Crippen LogP contribution in [-0.2, 0) is 13.0 Å². The maximum Gasteiger partial charge on any atom is 0.238 e. The number of halogens is 2. The smallest absolute Gasteiger partial charge is 0.238 e. The van der Waals surface area contributed by atoms with Crippen LogP contribution in [0, 0.1) is 4.77 Å². The number of aromatic amines is 1. The molecule has 17 heavy (non-hydrogen) atoms. The van der Waals surface area contributed by atoms with Gasteiger partial charge < -0.3 is 0 Å². The lowest BCUT2D eigenvalue weighted by Crippen LogP contribution is -2.02. The van der Waals surface area contributed by atoms with Gasteiger partial charge in [0.05, 0.1) is 0 Å². The molecule has 4 nitrogen and oxygen atoms in total. The fourth-order valence-electron chi connectivity index (χ4n) is 1.56. The molecule has 0 atom stereocenters. The summed E-state index contributed by atoms with van der Waals surface area (Å²) in [6.45, 7) is 0.746. The van der Waals surface area contributed by atoms with Crippen molar-refractivity contribution in [2.24, 2.45) is 0 Å². The molecular weight excluding hydrogens is 279 g/mol. The first-order valence-electron chi connectivity index (χ1n) is 5.08. The highest BCUT2D eigenvalue weighted by atomic mass is 35.5. The number of hydrogen-bond donors (Lipinski definition) is 1. The average molecular weight is 289 g/mol. The van der Waals surface area contributed by atoms with Crippen molar-refractivity contribution < 1.29 is 0 Å². The highest BCUT2D eigenvalue weighted by Crippen LogP contribution is 2.20. The number of H-pyrrole nitrogens is 1. The van der Waals surface area contributed by atoms with Crippen LogP contribution in [0.4, 0.5) is 0 Å². The van der Waals surface area contributed by atoms with Gasteiger partial charge in [-0.25, -0.2) is 4.68 Å². The first kappa shape index (κ1) is 12.5. The van der Waals surface area contributed by atoms with Gasteiger partial charge in [0.15, 0.2) is 0 Å². The molecule has 0 amide bonds. The largest absolute Gasteiger partial charge is 0.242 e. The first-order chi connectivity index (χ1) is 8.15. The van der Waals surface area contributed by atoms with E-state index in [0.717, 1.165) is 24.9 Å². The normalized spacial score (nSPS) is 10.7. The van der Waals surface area contributed by atoms with Crippen molar-refractivity contribution in [1.29, 1.82) is 0 Å². The molecule has 1 heterocycles. The summed E-state index contributed by atoms with van der Waals surface area (Å²) in [6, 6.07) is 5.55. The molecule has 0 radical (unpaired) electrons. The SMILES string of the molecule is S=c1nn[nH]n1CCCc1cc(Cl)cc(Cl)c1. The van der Waals surface area contributed by atoms with Crippen molar-refractivity contribution in [2.75, 3.05) is 0 Å². The molecule has 0 aliphatic rings. The summed E-state index contributed by atoms with van der Waals surface area (Å²) in [4.78, 5) is 0. The molecule has 7 heteroatoms. The zero-order valence-electron chi connectivity index (χ0n) is 8.86. The lowest BCUT2D eigenvalue weighted by molar-refractivity contribution is 0.553. The number of hydrogen-bond acceptors (Lipinski definition) is 3. The fourth-order valence-corrected chi connectivity index (χ4v) is 2.30. The van der Waals surface area contributed by atoms with E-state index in [-0.39, 0.29) is 0 Å². The van der Waals surface area contributed by atoms with Gasteiger partial charge in [0.2, 0.25) is 4.77 Å². The average Bonchev–Trinajstić information content (AvgIpc) is 2.63. The van der Waals surface area contributed by atoms with Gasteiger partial charge in [-0.1, -0.05) is 33.5 Å². The van der Waals surface area contributed by atoms with Gasteiger partial charge in [-0.3, -0.25) is 0 Å².